The molecule has 93 valence electrons. The zero-order chi connectivity index (χ0) is 12.2. The SMILES string of the molecule is O=[C]OCCCCCCOCc1ccccc1. The van der Waals surface area contributed by atoms with Crippen LogP contribution < -0.4 is 0 Å². The Labute approximate surface area is 103 Å². The molecule has 1 aromatic rings. The molecule has 0 bridgehead atoms. The Morgan fingerprint density at radius 1 is 0.941 bits per heavy atom. The van der Waals surface area contributed by atoms with E-state index in [1.165, 1.54) is 12.0 Å². The number of carbonyl (C=O) groups excluding carboxylic acids is 1. The number of hydrogen-bond acceptors (Lipinski definition) is 3. The normalized spacial score (nSPS) is 10.1. The zero-order valence-electron chi connectivity index (χ0n) is 10.1. The topological polar surface area (TPSA) is 35.5 Å². The van der Waals surface area contributed by atoms with Crippen LogP contribution in [0.2, 0.25) is 0 Å². The number of unbranched alkanes of at least 4 members (excludes halogenated alkanes) is 3. The van der Waals surface area contributed by atoms with E-state index in [0.29, 0.717) is 13.2 Å². The highest BCUT2D eigenvalue weighted by Crippen LogP contribution is 2.03. The fourth-order valence-corrected chi connectivity index (χ4v) is 1.54. The summed E-state index contributed by atoms with van der Waals surface area (Å²) >= 11 is 0. The smallest absolute Gasteiger partial charge is 0.417 e. The molecule has 0 heterocycles. The van der Waals surface area contributed by atoms with Gasteiger partial charge in [-0.3, -0.25) is 0 Å². The molecule has 0 fully saturated rings. The van der Waals surface area contributed by atoms with Crippen molar-refractivity contribution in [3.05, 3.63) is 35.9 Å². The second kappa shape index (κ2) is 9.85. The predicted octanol–water partition coefficient (Wildman–Crippen LogP) is 2.85. The lowest BCUT2D eigenvalue weighted by atomic mass is 10.2. The first-order valence-corrected chi connectivity index (χ1v) is 6.04. The molecule has 1 radical (unpaired) electrons. The molecule has 0 saturated heterocycles. The van der Waals surface area contributed by atoms with Gasteiger partial charge in [0.2, 0.25) is 0 Å². The zero-order valence-corrected chi connectivity index (χ0v) is 10.1. The Morgan fingerprint density at radius 3 is 2.35 bits per heavy atom. The summed E-state index contributed by atoms with van der Waals surface area (Å²) in [6, 6.07) is 10.2. The van der Waals surface area contributed by atoms with Crippen LogP contribution in [0.15, 0.2) is 30.3 Å². The fraction of sp³-hybridized carbons (Fsp3) is 0.500. The van der Waals surface area contributed by atoms with E-state index in [1.807, 2.05) is 18.2 Å². The highest BCUT2D eigenvalue weighted by atomic mass is 16.5. The molecule has 0 aliphatic carbocycles. The van der Waals surface area contributed by atoms with Crippen molar-refractivity contribution in [3.8, 4) is 0 Å². The van der Waals surface area contributed by atoms with Gasteiger partial charge in [0.15, 0.2) is 0 Å². The summed E-state index contributed by atoms with van der Waals surface area (Å²) in [5.41, 5.74) is 1.21. The van der Waals surface area contributed by atoms with E-state index in [-0.39, 0.29) is 0 Å². The van der Waals surface area contributed by atoms with Crippen LogP contribution >= 0.6 is 0 Å². The highest BCUT2D eigenvalue weighted by Gasteiger charge is 1.93. The molecule has 0 spiro atoms. The van der Waals surface area contributed by atoms with Gasteiger partial charge >= 0.3 is 6.47 Å². The maximum Gasteiger partial charge on any atom is 0.417 e. The average Bonchev–Trinajstić information content (AvgIpc) is 2.38. The van der Waals surface area contributed by atoms with Gasteiger partial charge in [0.05, 0.1) is 13.2 Å². The first-order chi connectivity index (χ1) is 8.43. The quantitative estimate of drug-likeness (QED) is 0.585. The van der Waals surface area contributed by atoms with E-state index in [1.54, 1.807) is 0 Å². The van der Waals surface area contributed by atoms with Crippen molar-refractivity contribution in [2.45, 2.75) is 32.3 Å². The van der Waals surface area contributed by atoms with Crippen LogP contribution in [0.25, 0.3) is 0 Å². The Kier molecular flexibility index (Phi) is 7.94. The first kappa shape index (κ1) is 13.7. The summed E-state index contributed by atoms with van der Waals surface area (Å²) in [6.45, 7) is 3.37. The minimum absolute atomic E-state index is 0.481. The lowest BCUT2D eigenvalue weighted by Crippen LogP contribution is -1.96. The molecule has 0 atom stereocenters. The number of rotatable bonds is 10. The van der Waals surface area contributed by atoms with E-state index < -0.39 is 0 Å². The average molecular weight is 235 g/mol. The van der Waals surface area contributed by atoms with Gasteiger partial charge in [0, 0.05) is 6.61 Å². The van der Waals surface area contributed by atoms with Gasteiger partial charge in [0.25, 0.3) is 0 Å². The lowest BCUT2D eigenvalue weighted by molar-refractivity contribution is 0.116. The van der Waals surface area contributed by atoms with Gasteiger partial charge < -0.3 is 9.47 Å². The van der Waals surface area contributed by atoms with Crippen LogP contribution in [-0.2, 0) is 20.9 Å². The Morgan fingerprint density at radius 2 is 1.65 bits per heavy atom. The van der Waals surface area contributed by atoms with E-state index >= 15 is 0 Å². The maximum absolute atomic E-state index is 9.75. The van der Waals surface area contributed by atoms with Crippen molar-refractivity contribution in [2.75, 3.05) is 13.2 Å². The molecular weight excluding hydrogens is 216 g/mol. The first-order valence-electron chi connectivity index (χ1n) is 6.04. The van der Waals surface area contributed by atoms with Crippen LogP contribution in [0.1, 0.15) is 31.2 Å². The maximum atomic E-state index is 9.75. The van der Waals surface area contributed by atoms with Crippen molar-refractivity contribution in [3.63, 3.8) is 0 Å². The van der Waals surface area contributed by atoms with Crippen molar-refractivity contribution in [1.29, 1.82) is 0 Å². The van der Waals surface area contributed by atoms with E-state index in [0.717, 1.165) is 32.3 Å². The molecule has 0 aromatic heterocycles. The molecule has 0 amide bonds. The molecule has 0 N–H and O–H groups in total. The van der Waals surface area contributed by atoms with E-state index in [2.05, 4.69) is 16.9 Å². The van der Waals surface area contributed by atoms with Gasteiger partial charge in [-0.2, -0.15) is 0 Å². The molecule has 3 nitrogen and oxygen atoms in total. The molecule has 0 aliphatic rings. The molecule has 1 rings (SSSR count). The molecule has 1 aromatic carbocycles. The van der Waals surface area contributed by atoms with Crippen molar-refractivity contribution in [2.24, 2.45) is 0 Å². The largest absolute Gasteiger partial charge is 0.457 e. The van der Waals surface area contributed by atoms with Crippen molar-refractivity contribution < 1.29 is 14.3 Å². The van der Waals surface area contributed by atoms with Crippen molar-refractivity contribution in [1.82, 2.24) is 0 Å². The summed E-state index contributed by atoms with van der Waals surface area (Å²) in [4.78, 5) is 9.75. The van der Waals surface area contributed by atoms with Crippen LogP contribution in [0, 0.1) is 0 Å². The van der Waals surface area contributed by atoms with Crippen LogP contribution in [0.5, 0.6) is 0 Å². The second-order valence-corrected chi connectivity index (χ2v) is 3.88. The molecule has 3 heteroatoms. The Balaban J connectivity index is 1.86. The number of benzene rings is 1. The van der Waals surface area contributed by atoms with Gasteiger partial charge in [-0.05, 0) is 24.8 Å². The van der Waals surface area contributed by atoms with Crippen molar-refractivity contribution >= 4 is 6.47 Å². The summed E-state index contributed by atoms with van der Waals surface area (Å²) in [7, 11) is 0. The number of hydrogen-bond donors (Lipinski definition) is 0. The predicted molar refractivity (Wildman–Crippen MR) is 66.2 cm³/mol. The minimum Gasteiger partial charge on any atom is -0.457 e. The summed E-state index contributed by atoms with van der Waals surface area (Å²) in [5, 5.41) is 0. The van der Waals surface area contributed by atoms with Gasteiger partial charge in [-0.25, -0.2) is 4.79 Å². The third-order valence-electron chi connectivity index (χ3n) is 2.46. The van der Waals surface area contributed by atoms with Crippen LogP contribution in [0.4, 0.5) is 0 Å². The summed E-state index contributed by atoms with van der Waals surface area (Å²) in [5.74, 6) is 0. The third kappa shape index (κ3) is 7.53. The van der Waals surface area contributed by atoms with Gasteiger partial charge in [-0.15, -0.1) is 0 Å². The van der Waals surface area contributed by atoms with Crippen LogP contribution in [0.3, 0.4) is 0 Å². The molecular formula is C14H19O3. The Hall–Kier alpha value is -1.35. The van der Waals surface area contributed by atoms with Gasteiger partial charge in [0.1, 0.15) is 0 Å². The fourth-order valence-electron chi connectivity index (χ4n) is 1.54. The third-order valence-corrected chi connectivity index (χ3v) is 2.46. The minimum atomic E-state index is 0.481. The monoisotopic (exact) mass is 235 g/mol. The van der Waals surface area contributed by atoms with E-state index in [4.69, 9.17) is 4.74 Å². The summed E-state index contributed by atoms with van der Waals surface area (Å²) < 4.78 is 10.0. The highest BCUT2D eigenvalue weighted by molar-refractivity contribution is 5.37. The van der Waals surface area contributed by atoms with Gasteiger partial charge in [-0.1, -0.05) is 36.8 Å². The summed E-state index contributed by atoms with van der Waals surface area (Å²) in [6.07, 6.45) is 4.14. The molecule has 0 saturated carbocycles. The van der Waals surface area contributed by atoms with E-state index in [9.17, 15) is 4.79 Å². The number of ether oxygens (including phenoxy) is 2. The Bertz CT molecular complexity index is 285. The molecule has 17 heavy (non-hydrogen) atoms. The van der Waals surface area contributed by atoms with Crippen LogP contribution in [-0.4, -0.2) is 19.7 Å². The molecule has 0 unspecified atom stereocenters. The lowest BCUT2D eigenvalue weighted by Gasteiger charge is -2.04. The molecule has 0 aliphatic heterocycles. The second-order valence-electron chi connectivity index (χ2n) is 3.88. The standard InChI is InChI=1S/C14H19O3/c15-13-17-11-7-2-1-6-10-16-12-14-8-4-3-5-9-14/h3-5,8-9H,1-2,6-7,10-12H2.